The number of benzene rings is 1. The van der Waals surface area contributed by atoms with Gasteiger partial charge in [0.2, 0.25) is 0 Å². The molecule has 0 aromatic heterocycles. The molecule has 1 rings (SSSR count). The van der Waals surface area contributed by atoms with Crippen LogP contribution in [-0.4, -0.2) is 29.8 Å². The first-order chi connectivity index (χ1) is 9.26. The second-order valence-electron chi connectivity index (χ2n) is 5.25. The Kier molecular flexibility index (Phi) is 5.65. The van der Waals surface area contributed by atoms with Crippen molar-refractivity contribution in [1.29, 1.82) is 0 Å². The third-order valence-corrected chi connectivity index (χ3v) is 2.68. The normalized spacial score (nSPS) is 12.7. The number of amides is 1. The van der Waals surface area contributed by atoms with Crippen LogP contribution in [-0.2, 0) is 4.74 Å². The fourth-order valence-corrected chi connectivity index (χ4v) is 1.74. The standard InChI is InChI=1S/C14H20ClNO4/c1-14(2,3)20-13(18)16-9-5-6-10(11(17)8-15)12(7-9)19-4/h5-7,11,17H,8H2,1-4H3,(H,16,18). The second-order valence-corrected chi connectivity index (χ2v) is 5.56. The van der Waals surface area contributed by atoms with Crippen molar-refractivity contribution in [1.82, 2.24) is 0 Å². The largest absolute Gasteiger partial charge is 0.496 e. The van der Waals surface area contributed by atoms with Crippen molar-refractivity contribution in [3.63, 3.8) is 0 Å². The SMILES string of the molecule is COc1cc(NC(=O)OC(C)(C)C)ccc1C(O)CCl. The van der Waals surface area contributed by atoms with E-state index in [2.05, 4.69) is 5.32 Å². The summed E-state index contributed by atoms with van der Waals surface area (Å²) in [5.41, 5.74) is 0.516. The first kappa shape index (κ1) is 16.6. The number of anilines is 1. The van der Waals surface area contributed by atoms with Crippen molar-refractivity contribution >= 4 is 23.4 Å². The molecule has 0 heterocycles. The number of methoxy groups -OCH3 is 1. The van der Waals surface area contributed by atoms with Crippen LogP contribution in [0.1, 0.15) is 32.4 Å². The highest BCUT2D eigenvalue weighted by Gasteiger charge is 2.17. The number of nitrogens with one attached hydrogen (secondary N) is 1. The summed E-state index contributed by atoms with van der Waals surface area (Å²) in [6, 6.07) is 4.91. The Labute approximate surface area is 123 Å². The van der Waals surface area contributed by atoms with Crippen molar-refractivity contribution in [2.45, 2.75) is 32.5 Å². The Morgan fingerprint density at radius 3 is 2.60 bits per heavy atom. The highest BCUT2D eigenvalue weighted by Crippen LogP contribution is 2.29. The van der Waals surface area contributed by atoms with Gasteiger partial charge in [0, 0.05) is 17.3 Å². The van der Waals surface area contributed by atoms with Gasteiger partial charge in [-0.3, -0.25) is 5.32 Å². The molecule has 112 valence electrons. The first-order valence-electron chi connectivity index (χ1n) is 6.19. The number of carbonyl (C=O) groups is 1. The van der Waals surface area contributed by atoms with Crippen molar-refractivity contribution < 1.29 is 19.4 Å². The Bertz CT molecular complexity index is 471. The van der Waals surface area contributed by atoms with E-state index < -0.39 is 17.8 Å². The Balaban J connectivity index is 2.85. The molecule has 0 saturated heterocycles. The van der Waals surface area contributed by atoms with Gasteiger partial charge in [0.05, 0.1) is 19.1 Å². The van der Waals surface area contributed by atoms with Crippen LogP contribution < -0.4 is 10.1 Å². The summed E-state index contributed by atoms with van der Waals surface area (Å²) in [6.07, 6.45) is -1.37. The molecular formula is C14H20ClNO4. The highest BCUT2D eigenvalue weighted by atomic mass is 35.5. The number of carbonyl (C=O) groups excluding carboxylic acids is 1. The average Bonchev–Trinajstić information content (AvgIpc) is 2.35. The molecule has 0 radical (unpaired) electrons. The van der Waals surface area contributed by atoms with E-state index >= 15 is 0 Å². The summed E-state index contributed by atoms with van der Waals surface area (Å²) in [6.45, 7) is 5.35. The Morgan fingerprint density at radius 2 is 2.10 bits per heavy atom. The quantitative estimate of drug-likeness (QED) is 0.837. The highest BCUT2D eigenvalue weighted by molar-refractivity contribution is 6.18. The number of hydrogen-bond donors (Lipinski definition) is 2. The molecule has 1 unspecified atom stereocenters. The lowest BCUT2D eigenvalue weighted by atomic mass is 10.1. The van der Waals surface area contributed by atoms with Crippen molar-refractivity contribution in [3.8, 4) is 5.75 Å². The van der Waals surface area contributed by atoms with Gasteiger partial charge in [-0.05, 0) is 26.8 Å². The summed E-state index contributed by atoms with van der Waals surface area (Å²) in [5.74, 6) is 0.515. The van der Waals surface area contributed by atoms with E-state index in [1.165, 1.54) is 7.11 Å². The fraction of sp³-hybridized carbons (Fsp3) is 0.500. The van der Waals surface area contributed by atoms with Crippen LogP contribution in [0.3, 0.4) is 0 Å². The molecule has 1 atom stereocenters. The maximum absolute atomic E-state index is 11.7. The Hall–Kier alpha value is -1.46. The number of rotatable bonds is 4. The molecule has 1 aromatic rings. The molecule has 20 heavy (non-hydrogen) atoms. The maximum Gasteiger partial charge on any atom is 0.412 e. The van der Waals surface area contributed by atoms with Gasteiger partial charge in [0.15, 0.2) is 0 Å². The van der Waals surface area contributed by atoms with Gasteiger partial charge >= 0.3 is 6.09 Å². The third kappa shape index (κ3) is 4.90. The van der Waals surface area contributed by atoms with Crippen LogP contribution in [0.4, 0.5) is 10.5 Å². The van der Waals surface area contributed by atoms with Gasteiger partial charge in [-0.1, -0.05) is 6.07 Å². The van der Waals surface area contributed by atoms with E-state index in [-0.39, 0.29) is 5.88 Å². The molecule has 6 heteroatoms. The van der Waals surface area contributed by atoms with Crippen LogP contribution in [0.5, 0.6) is 5.75 Å². The van der Waals surface area contributed by atoms with Gasteiger partial charge in [-0.15, -0.1) is 11.6 Å². The van der Waals surface area contributed by atoms with E-state index in [9.17, 15) is 9.90 Å². The number of alkyl halides is 1. The number of hydrogen-bond acceptors (Lipinski definition) is 4. The molecule has 0 bridgehead atoms. The minimum atomic E-state index is -0.817. The van der Waals surface area contributed by atoms with Gasteiger partial charge in [0.25, 0.3) is 0 Å². The van der Waals surface area contributed by atoms with Gasteiger partial charge in [0.1, 0.15) is 11.4 Å². The zero-order valence-corrected chi connectivity index (χ0v) is 12.8. The van der Waals surface area contributed by atoms with E-state index in [4.69, 9.17) is 21.1 Å². The van der Waals surface area contributed by atoms with Crippen molar-refractivity contribution in [3.05, 3.63) is 23.8 Å². The fourth-order valence-electron chi connectivity index (χ4n) is 1.57. The molecule has 0 saturated carbocycles. The molecule has 1 aromatic carbocycles. The molecule has 0 aliphatic heterocycles. The zero-order chi connectivity index (χ0) is 15.3. The predicted octanol–water partition coefficient (Wildman–Crippen LogP) is 3.31. The van der Waals surface area contributed by atoms with Crippen LogP contribution >= 0.6 is 11.6 Å². The molecule has 5 nitrogen and oxygen atoms in total. The monoisotopic (exact) mass is 301 g/mol. The molecule has 2 N–H and O–H groups in total. The molecule has 0 spiro atoms. The van der Waals surface area contributed by atoms with Gasteiger partial charge in [-0.2, -0.15) is 0 Å². The maximum atomic E-state index is 11.7. The molecule has 0 aliphatic carbocycles. The lowest BCUT2D eigenvalue weighted by molar-refractivity contribution is 0.0636. The van der Waals surface area contributed by atoms with Crippen molar-refractivity contribution in [2.24, 2.45) is 0 Å². The third-order valence-electron chi connectivity index (χ3n) is 2.38. The van der Waals surface area contributed by atoms with E-state index in [1.54, 1.807) is 39.0 Å². The lowest BCUT2D eigenvalue weighted by Gasteiger charge is -2.20. The minimum absolute atomic E-state index is 0.0647. The first-order valence-corrected chi connectivity index (χ1v) is 6.72. The molecular weight excluding hydrogens is 282 g/mol. The predicted molar refractivity (Wildman–Crippen MR) is 78.5 cm³/mol. The number of aliphatic hydroxyl groups excluding tert-OH is 1. The number of halogens is 1. The summed E-state index contributed by atoms with van der Waals surface area (Å²) in [5, 5.41) is 12.3. The van der Waals surface area contributed by atoms with Crippen LogP contribution in [0.15, 0.2) is 18.2 Å². The van der Waals surface area contributed by atoms with E-state index in [0.29, 0.717) is 17.0 Å². The van der Waals surface area contributed by atoms with Crippen LogP contribution in [0, 0.1) is 0 Å². The summed E-state index contributed by atoms with van der Waals surface area (Å²) < 4.78 is 10.3. The van der Waals surface area contributed by atoms with Crippen molar-refractivity contribution in [2.75, 3.05) is 18.3 Å². The van der Waals surface area contributed by atoms with E-state index in [1.807, 2.05) is 0 Å². The van der Waals surface area contributed by atoms with Gasteiger partial charge in [-0.25, -0.2) is 4.79 Å². The summed E-state index contributed by atoms with van der Waals surface area (Å²) >= 11 is 5.62. The molecule has 1 amide bonds. The smallest absolute Gasteiger partial charge is 0.412 e. The second kappa shape index (κ2) is 6.81. The molecule has 0 fully saturated rings. The number of ether oxygens (including phenoxy) is 2. The topological polar surface area (TPSA) is 67.8 Å². The average molecular weight is 302 g/mol. The zero-order valence-electron chi connectivity index (χ0n) is 12.1. The van der Waals surface area contributed by atoms with Gasteiger partial charge < -0.3 is 14.6 Å². The lowest BCUT2D eigenvalue weighted by Crippen LogP contribution is -2.27. The van der Waals surface area contributed by atoms with Crippen LogP contribution in [0.25, 0.3) is 0 Å². The summed E-state index contributed by atoms with van der Waals surface area (Å²) in [4.78, 5) is 11.7. The van der Waals surface area contributed by atoms with E-state index in [0.717, 1.165) is 0 Å². The number of aliphatic hydroxyl groups is 1. The molecule has 0 aliphatic rings. The summed E-state index contributed by atoms with van der Waals surface area (Å²) in [7, 11) is 1.48. The Morgan fingerprint density at radius 1 is 1.45 bits per heavy atom. The minimum Gasteiger partial charge on any atom is -0.496 e. The van der Waals surface area contributed by atoms with Crippen LogP contribution in [0.2, 0.25) is 0 Å².